The molecule has 27 heavy (non-hydrogen) atoms. The zero-order chi connectivity index (χ0) is 19.7. The van der Waals surface area contributed by atoms with Crippen LogP contribution in [0.5, 0.6) is 11.5 Å². The van der Waals surface area contributed by atoms with Gasteiger partial charge in [0.2, 0.25) is 0 Å². The first-order chi connectivity index (χ1) is 12.9. The molecule has 0 saturated heterocycles. The standard InChI is InChI=1S/C20H18N4O3/c1-12-8-18(27-3)17(25)9-15(12)19-16(11-22)23(2)20(26)24(19)14-6-4-13(10-21)5-7-14/h4-9,11,25H,1,22H2,2-3H3/b16-11+,19-15+. The van der Waals surface area contributed by atoms with E-state index in [-0.39, 0.29) is 17.2 Å². The van der Waals surface area contributed by atoms with Crippen molar-refractivity contribution in [1.82, 2.24) is 9.13 Å². The maximum absolute atomic E-state index is 12.9. The van der Waals surface area contributed by atoms with Crippen LogP contribution in [-0.4, -0.2) is 21.4 Å². The van der Waals surface area contributed by atoms with Crippen molar-refractivity contribution in [3.05, 3.63) is 73.6 Å². The van der Waals surface area contributed by atoms with Gasteiger partial charge in [-0.25, -0.2) is 4.79 Å². The van der Waals surface area contributed by atoms with Crippen LogP contribution in [0.1, 0.15) is 5.56 Å². The molecule has 3 N–H and O–H groups in total. The van der Waals surface area contributed by atoms with Crippen molar-refractivity contribution in [1.29, 1.82) is 5.26 Å². The number of benzene rings is 2. The minimum Gasteiger partial charge on any atom is -0.504 e. The van der Waals surface area contributed by atoms with E-state index in [0.29, 0.717) is 32.4 Å². The molecule has 0 unspecified atom stereocenters. The summed E-state index contributed by atoms with van der Waals surface area (Å²) >= 11 is 0. The van der Waals surface area contributed by atoms with E-state index in [1.54, 1.807) is 37.4 Å². The van der Waals surface area contributed by atoms with Crippen molar-refractivity contribution in [2.75, 3.05) is 7.11 Å². The number of phenolic OH excluding ortho intramolecular Hbond substituents is 1. The normalized spacial score (nSPS) is 12.7. The summed E-state index contributed by atoms with van der Waals surface area (Å²) < 4.78 is 7.99. The molecule has 3 aromatic rings. The molecule has 0 aliphatic rings. The Morgan fingerprint density at radius 1 is 1.30 bits per heavy atom. The van der Waals surface area contributed by atoms with Crippen LogP contribution in [0, 0.1) is 21.9 Å². The molecule has 136 valence electrons. The first-order valence-corrected chi connectivity index (χ1v) is 8.03. The molecule has 0 aliphatic heterocycles. The van der Waals surface area contributed by atoms with E-state index in [0.717, 1.165) is 0 Å². The van der Waals surface area contributed by atoms with E-state index in [2.05, 4.69) is 6.58 Å². The Kier molecular flexibility index (Phi) is 4.48. The highest BCUT2D eigenvalue weighted by atomic mass is 16.5. The third-order valence-electron chi connectivity index (χ3n) is 4.38. The largest absolute Gasteiger partial charge is 0.504 e. The number of imidazole rings is 1. The van der Waals surface area contributed by atoms with E-state index in [1.807, 2.05) is 6.07 Å². The molecule has 1 heterocycles. The quantitative estimate of drug-likeness (QED) is 0.675. The molecule has 2 aromatic carbocycles. The second kappa shape index (κ2) is 6.77. The lowest BCUT2D eigenvalue weighted by Crippen LogP contribution is -2.26. The lowest BCUT2D eigenvalue weighted by atomic mass is 10.2. The van der Waals surface area contributed by atoms with Crippen LogP contribution in [0.2, 0.25) is 0 Å². The first kappa shape index (κ1) is 17.9. The number of phenols is 1. The molecular weight excluding hydrogens is 344 g/mol. The number of rotatable bonds is 2. The van der Waals surface area contributed by atoms with Crippen molar-refractivity contribution >= 4 is 12.8 Å². The van der Waals surface area contributed by atoms with Crippen molar-refractivity contribution in [3.63, 3.8) is 0 Å². The predicted molar refractivity (Wildman–Crippen MR) is 101 cm³/mol. The highest BCUT2D eigenvalue weighted by Gasteiger charge is 2.12. The molecule has 0 spiro atoms. The second-order valence-electron chi connectivity index (χ2n) is 5.92. The summed E-state index contributed by atoms with van der Waals surface area (Å²) in [6, 6.07) is 11.7. The summed E-state index contributed by atoms with van der Waals surface area (Å²) in [7, 11) is 3.05. The fourth-order valence-electron chi connectivity index (χ4n) is 2.99. The molecule has 7 nitrogen and oxygen atoms in total. The summed E-state index contributed by atoms with van der Waals surface area (Å²) in [5.74, 6) is 0.204. The average Bonchev–Trinajstić information content (AvgIpc) is 2.93. The molecule has 7 heteroatoms. The lowest BCUT2D eigenvalue weighted by Gasteiger charge is -2.05. The van der Waals surface area contributed by atoms with E-state index in [4.69, 9.17) is 15.7 Å². The van der Waals surface area contributed by atoms with Gasteiger partial charge in [0.1, 0.15) is 0 Å². The third-order valence-corrected chi connectivity index (χ3v) is 4.38. The molecule has 1 aromatic heterocycles. The molecule has 0 aliphatic carbocycles. The smallest absolute Gasteiger partial charge is 0.333 e. The maximum Gasteiger partial charge on any atom is 0.333 e. The van der Waals surface area contributed by atoms with Gasteiger partial charge in [0.25, 0.3) is 0 Å². The summed E-state index contributed by atoms with van der Waals surface area (Å²) in [4.78, 5) is 12.9. The Morgan fingerprint density at radius 3 is 2.52 bits per heavy atom. The van der Waals surface area contributed by atoms with Crippen LogP contribution < -0.4 is 26.7 Å². The van der Waals surface area contributed by atoms with Gasteiger partial charge in [0.15, 0.2) is 11.5 Å². The molecule has 0 fully saturated rings. The number of nitriles is 1. The van der Waals surface area contributed by atoms with Gasteiger partial charge in [-0.15, -0.1) is 0 Å². The molecule has 0 radical (unpaired) electrons. The SMILES string of the molecule is C=c1cc(OC)c(O)c/c1=c1/c(=C\N)n(C)c(=O)n1-c1ccc(C#N)cc1. The van der Waals surface area contributed by atoms with Crippen molar-refractivity contribution < 1.29 is 9.84 Å². The monoisotopic (exact) mass is 362 g/mol. The maximum atomic E-state index is 12.9. The van der Waals surface area contributed by atoms with E-state index >= 15 is 0 Å². The van der Waals surface area contributed by atoms with Gasteiger partial charge in [-0.05, 0) is 41.6 Å². The second-order valence-corrected chi connectivity index (χ2v) is 5.92. The Bertz CT molecular complexity index is 1330. The van der Waals surface area contributed by atoms with Gasteiger partial charge in [-0.2, -0.15) is 5.26 Å². The van der Waals surface area contributed by atoms with Crippen molar-refractivity contribution in [2.24, 2.45) is 12.8 Å². The van der Waals surface area contributed by atoms with Crippen LogP contribution in [0.3, 0.4) is 0 Å². The average molecular weight is 362 g/mol. The molecule has 0 amide bonds. The van der Waals surface area contributed by atoms with Gasteiger partial charge in [-0.1, -0.05) is 6.58 Å². The van der Waals surface area contributed by atoms with Crippen LogP contribution in [0.4, 0.5) is 0 Å². The van der Waals surface area contributed by atoms with E-state index in [9.17, 15) is 9.90 Å². The fourth-order valence-corrected chi connectivity index (χ4v) is 2.99. The molecule has 0 saturated carbocycles. The number of nitrogens with zero attached hydrogens (tertiary/aromatic N) is 3. The molecule has 0 bridgehead atoms. The number of aromatic hydroxyl groups is 1. The Labute approximate surface area is 154 Å². The van der Waals surface area contributed by atoms with Crippen LogP contribution >= 0.6 is 0 Å². The highest BCUT2D eigenvalue weighted by molar-refractivity contribution is 5.43. The van der Waals surface area contributed by atoms with Gasteiger partial charge < -0.3 is 15.6 Å². The van der Waals surface area contributed by atoms with Crippen LogP contribution in [-0.2, 0) is 7.05 Å². The zero-order valence-electron chi connectivity index (χ0n) is 14.9. The number of aromatic nitrogens is 2. The Hall–Kier alpha value is -3.92. The Balaban J connectivity index is 2.61. The van der Waals surface area contributed by atoms with E-state index in [1.165, 1.54) is 28.5 Å². The topological polar surface area (TPSA) is 106 Å². The highest BCUT2D eigenvalue weighted by Crippen LogP contribution is 2.22. The molecule has 3 rings (SSSR count). The van der Waals surface area contributed by atoms with Crippen molar-refractivity contribution in [3.8, 4) is 23.3 Å². The Morgan fingerprint density at radius 2 is 1.96 bits per heavy atom. The van der Waals surface area contributed by atoms with Gasteiger partial charge in [0.05, 0.1) is 35.1 Å². The summed E-state index contributed by atoms with van der Waals surface area (Å²) in [5.41, 5.74) is 6.52. The summed E-state index contributed by atoms with van der Waals surface area (Å²) in [5, 5.41) is 21.3. The molecular formula is C20H18N4O3. The van der Waals surface area contributed by atoms with E-state index < -0.39 is 0 Å². The van der Waals surface area contributed by atoms with Gasteiger partial charge in [-0.3, -0.25) is 9.13 Å². The van der Waals surface area contributed by atoms with Gasteiger partial charge >= 0.3 is 5.69 Å². The number of hydrogen-bond donors (Lipinski definition) is 2. The first-order valence-electron chi connectivity index (χ1n) is 8.03. The molecule has 0 atom stereocenters. The zero-order valence-corrected chi connectivity index (χ0v) is 14.9. The van der Waals surface area contributed by atoms with Crippen molar-refractivity contribution in [2.45, 2.75) is 0 Å². The summed E-state index contributed by atoms with van der Waals surface area (Å²) in [6.45, 7) is 4.01. The number of ether oxygens (including phenoxy) is 1. The number of hydrogen-bond acceptors (Lipinski definition) is 5. The number of nitrogens with two attached hydrogens (primary N) is 1. The van der Waals surface area contributed by atoms with Crippen LogP contribution in [0.25, 0.3) is 18.5 Å². The minimum atomic E-state index is -0.318. The third kappa shape index (κ3) is 2.83. The minimum absolute atomic E-state index is 0.0782. The van der Waals surface area contributed by atoms with Gasteiger partial charge in [0, 0.05) is 18.5 Å². The summed E-state index contributed by atoms with van der Waals surface area (Å²) in [6.07, 6.45) is 1.33. The lowest BCUT2D eigenvalue weighted by molar-refractivity contribution is 0.373. The number of methoxy groups -OCH3 is 1. The fraction of sp³-hybridized carbons (Fsp3) is 0.100. The van der Waals surface area contributed by atoms with Crippen LogP contribution in [0.15, 0.2) is 41.2 Å². The predicted octanol–water partition coefficient (Wildman–Crippen LogP) is 0.156.